The lowest BCUT2D eigenvalue weighted by atomic mass is 10.2. The average molecular weight is 418 g/mol. The summed E-state index contributed by atoms with van der Waals surface area (Å²) >= 11 is 7.25. The third-order valence-electron chi connectivity index (χ3n) is 3.67. The standard InChI is InChI=1S/C19H16ClN3O4S/c1-11-8-13(27-23-11)10-28-17-5-3-2-4-14(17)18(25)21-22-19(26)15-9-12(20)6-7-16(15)24/h2-9,24H,10H2,1H3,(H,21,25)(H,22,26). The van der Waals surface area contributed by atoms with Crippen LogP contribution in [0.15, 0.2) is 57.9 Å². The predicted molar refractivity (Wildman–Crippen MR) is 105 cm³/mol. The number of carbonyl (C=O) groups is 2. The number of phenolic OH excluding ortho intramolecular Hbond substituents is 1. The molecule has 0 aliphatic carbocycles. The van der Waals surface area contributed by atoms with Crippen molar-refractivity contribution < 1.29 is 19.2 Å². The van der Waals surface area contributed by atoms with Gasteiger partial charge in [0.2, 0.25) is 0 Å². The number of hydrazine groups is 1. The molecular weight excluding hydrogens is 402 g/mol. The van der Waals surface area contributed by atoms with E-state index < -0.39 is 11.8 Å². The van der Waals surface area contributed by atoms with Crippen LogP contribution < -0.4 is 10.9 Å². The molecule has 3 N–H and O–H groups in total. The molecule has 0 radical (unpaired) electrons. The quantitative estimate of drug-likeness (QED) is 0.432. The zero-order valence-electron chi connectivity index (χ0n) is 14.7. The van der Waals surface area contributed by atoms with E-state index >= 15 is 0 Å². The second kappa shape index (κ2) is 8.81. The topological polar surface area (TPSA) is 104 Å². The molecule has 1 aromatic heterocycles. The maximum absolute atomic E-state index is 12.5. The van der Waals surface area contributed by atoms with Crippen molar-refractivity contribution in [3.05, 3.63) is 76.1 Å². The molecule has 0 bridgehead atoms. The normalized spacial score (nSPS) is 10.5. The van der Waals surface area contributed by atoms with Crippen molar-refractivity contribution in [1.82, 2.24) is 16.0 Å². The Labute approximate surface area is 170 Å². The van der Waals surface area contributed by atoms with Gasteiger partial charge in [0, 0.05) is 16.0 Å². The number of phenols is 1. The number of thioether (sulfide) groups is 1. The van der Waals surface area contributed by atoms with E-state index in [4.69, 9.17) is 16.1 Å². The first-order chi connectivity index (χ1) is 13.4. The van der Waals surface area contributed by atoms with Crippen LogP contribution in [0, 0.1) is 6.92 Å². The molecule has 0 aliphatic heterocycles. The number of nitrogens with zero attached hydrogens (tertiary/aromatic N) is 1. The molecule has 0 aliphatic rings. The number of hydrogen-bond acceptors (Lipinski definition) is 6. The smallest absolute Gasteiger partial charge is 0.273 e. The summed E-state index contributed by atoms with van der Waals surface area (Å²) in [5.41, 5.74) is 5.75. The maximum Gasteiger partial charge on any atom is 0.273 e. The number of nitrogens with one attached hydrogen (secondary N) is 2. The van der Waals surface area contributed by atoms with E-state index in [0.717, 1.165) is 5.69 Å². The molecule has 0 atom stereocenters. The number of aromatic nitrogens is 1. The molecule has 0 saturated heterocycles. The molecule has 0 saturated carbocycles. The molecule has 0 fully saturated rings. The summed E-state index contributed by atoms with van der Waals surface area (Å²) in [5.74, 6) is -0.215. The Morgan fingerprint density at radius 1 is 1.11 bits per heavy atom. The molecule has 3 rings (SSSR count). The highest BCUT2D eigenvalue weighted by molar-refractivity contribution is 7.98. The van der Waals surface area contributed by atoms with Crippen LogP contribution in [0.2, 0.25) is 5.02 Å². The highest BCUT2D eigenvalue weighted by Crippen LogP contribution is 2.26. The Hall–Kier alpha value is -2.97. The van der Waals surface area contributed by atoms with Crippen molar-refractivity contribution in [3.8, 4) is 5.75 Å². The van der Waals surface area contributed by atoms with Crippen LogP contribution in [0.5, 0.6) is 5.75 Å². The van der Waals surface area contributed by atoms with Crippen LogP contribution in [0.3, 0.4) is 0 Å². The number of aryl methyl sites for hydroxylation is 1. The molecule has 9 heteroatoms. The maximum atomic E-state index is 12.5. The van der Waals surface area contributed by atoms with E-state index in [2.05, 4.69) is 16.0 Å². The van der Waals surface area contributed by atoms with Crippen LogP contribution in [0.25, 0.3) is 0 Å². The zero-order valence-corrected chi connectivity index (χ0v) is 16.3. The lowest BCUT2D eigenvalue weighted by Gasteiger charge is -2.11. The highest BCUT2D eigenvalue weighted by Gasteiger charge is 2.16. The van der Waals surface area contributed by atoms with Gasteiger partial charge in [0.25, 0.3) is 11.8 Å². The largest absolute Gasteiger partial charge is 0.507 e. The third-order valence-corrected chi connectivity index (χ3v) is 5.00. The van der Waals surface area contributed by atoms with Crippen molar-refractivity contribution in [3.63, 3.8) is 0 Å². The molecule has 28 heavy (non-hydrogen) atoms. The Kier molecular flexibility index (Phi) is 6.23. The van der Waals surface area contributed by atoms with Crippen LogP contribution in [0.4, 0.5) is 0 Å². The Morgan fingerprint density at radius 3 is 2.54 bits per heavy atom. The highest BCUT2D eigenvalue weighted by atomic mass is 35.5. The number of benzene rings is 2. The van der Waals surface area contributed by atoms with Gasteiger partial charge in [-0.25, -0.2) is 0 Å². The van der Waals surface area contributed by atoms with Crippen LogP contribution in [0.1, 0.15) is 32.2 Å². The first-order valence-electron chi connectivity index (χ1n) is 8.17. The molecule has 7 nitrogen and oxygen atoms in total. The Balaban J connectivity index is 1.65. The second-order valence-corrected chi connectivity index (χ2v) is 7.24. The van der Waals surface area contributed by atoms with Gasteiger partial charge in [-0.1, -0.05) is 28.9 Å². The fourth-order valence-corrected chi connectivity index (χ4v) is 3.45. The van der Waals surface area contributed by atoms with Crippen molar-refractivity contribution in [1.29, 1.82) is 0 Å². The molecule has 0 unspecified atom stereocenters. The summed E-state index contributed by atoms with van der Waals surface area (Å²) in [7, 11) is 0. The van der Waals surface area contributed by atoms with E-state index in [9.17, 15) is 14.7 Å². The van der Waals surface area contributed by atoms with Gasteiger partial charge in [-0.05, 0) is 37.3 Å². The van der Waals surface area contributed by atoms with Gasteiger partial charge in [-0.2, -0.15) is 0 Å². The number of halogens is 1. The van der Waals surface area contributed by atoms with Crippen molar-refractivity contribution in [2.75, 3.05) is 0 Å². The zero-order chi connectivity index (χ0) is 20.1. The van der Waals surface area contributed by atoms with E-state index in [1.807, 2.05) is 19.1 Å². The number of aromatic hydroxyl groups is 1. The minimum atomic E-state index is -0.685. The van der Waals surface area contributed by atoms with E-state index in [-0.39, 0.29) is 11.3 Å². The van der Waals surface area contributed by atoms with Crippen LogP contribution >= 0.6 is 23.4 Å². The summed E-state index contributed by atoms with van der Waals surface area (Å²) in [6.07, 6.45) is 0. The van der Waals surface area contributed by atoms with Gasteiger partial charge in [0.05, 0.1) is 22.6 Å². The molecule has 2 amide bonds. The minimum Gasteiger partial charge on any atom is -0.507 e. The lowest BCUT2D eigenvalue weighted by Crippen LogP contribution is -2.41. The fourth-order valence-electron chi connectivity index (χ4n) is 2.35. The summed E-state index contributed by atoms with van der Waals surface area (Å²) in [6, 6.07) is 12.9. The Morgan fingerprint density at radius 2 is 1.82 bits per heavy atom. The molecule has 3 aromatic rings. The summed E-state index contributed by atoms with van der Waals surface area (Å²) in [4.78, 5) is 25.4. The first kappa shape index (κ1) is 19.8. The van der Waals surface area contributed by atoms with Gasteiger partial charge in [-0.3, -0.25) is 20.4 Å². The van der Waals surface area contributed by atoms with Crippen LogP contribution in [-0.2, 0) is 5.75 Å². The van der Waals surface area contributed by atoms with Gasteiger partial charge in [0.1, 0.15) is 11.5 Å². The lowest BCUT2D eigenvalue weighted by molar-refractivity contribution is 0.0843. The number of amides is 2. The average Bonchev–Trinajstić information content (AvgIpc) is 3.11. The van der Waals surface area contributed by atoms with Gasteiger partial charge >= 0.3 is 0 Å². The summed E-state index contributed by atoms with van der Waals surface area (Å²) in [5, 5.41) is 13.9. The summed E-state index contributed by atoms with van der Waals surface area (Å²) in [6.45, 7) is 1.83. The van der Waals surface area contributed by atoms with Crippen molar-refractivity contribution in [2.24, 2.45) is 0 Å². The van der Waals surface area contributed by atoms with Crippen molar-refractivity contribution in [2.45, 2.75) is 17.6 Å². The van der Waals surface area contributed by atoms with Crippen LogP contribution in [-0.4, -0.2) is 22.1 Å². The first-order valence-corrected chi connectivity index (χ1v) is 9.53. The number of hydrogen-bond donors (Lipinski definition) is 3. The fraction of sp³-hybridized carbons (Fsp3) is 0.105. The number of rotatable bonds is 5. The molecule has 144 valence electrons. The van der Waals surface area contributed by atoms with Gasteiger partial charge in [0.15, 0.2) is 0 Å². The Bertz CT molecular complexity index is 1020. The van der Waals surface area contributed by atoms with E-state index in [0.29, 0.717) is 27.0 Å². The molecule has 1 heterocycles. The van der Waals surface area contributed by atoms with Crippen molar-refractivity contribution >= 4 is 35.2 Å². The van der Waals surface area contributed by atoms with E-state index in [1.54, 1.807) is 18.2 Å². The van der Waals surface area contributed by atoms with Gasteiger partial charge in [-0.15, -0.1) is 11.8 Å². The number of carbonyl (C=O) groups excluding carboxylic acids is 2. The third kappa shape index (κ3) is 4.85. The SMILES string of the molecule is Cc1cc(CSc2ccccc2C(=O)NNC(=O)c2cc(Cl)ccc2O)on1. The predicted octanol–water partition coefficient (Wildman–Crippen LogP) is 3.71. The minimum absolute atomic E-state index is 0.0452. The summed E-state index contributed by atoms with van der Waals surface area (Å²) < 4.78 is 5.17. The molecular formula is C19H16ClN3O4S. The monoisotopic (exact) mass is 417 g/mol. The molecule has 2 aromatic carbocycles. The second-order valence-electron chi connectivity index (χ2n) is 5.79. The van der Waals surface area contributed by atoms with E-state index in [1.165, 1.54) is 30.0 Å². The molecule has 0 spiro atoms. The van der Waals surface area contributed by atoms with Gasteiger partial charge < -0.3 is 9.63 Å².